The van der Waals surface area contributed by atoms with Crippen LogP contribution in [0.2, 0.25) is 0 Å². The lowest BCUT2D eigenvalue weighted by Gasteiger charge is -2.38. The van der Waals surface area contributed by atoms with Gasteiger partial charge in [0.2, 0.25) is 0 Å². The molecule has 0 bridgehead atoms. The number of nitrogens with one attached hydrogen (secondary N) is 2. The minimum absolute atomic E-state index is 0.170. The summed E-state index contributed by atoms with van der Waals surface area (Å²) in [5.41, 5.74) is 5.03. The van der Waals surface area contributed by atoms with Gasteiger partial charge in [-0.25, -0.2) is 0 Å². The molecule has 80 valence electrons. The molecule has 0 saturated heterocycles. The number of hydrogen-bond donors (Lipinski definition) is 3. The zero-order valence-electron chi connectivity index (χ0n) is 8.43. The van der Waals surface area contributed by atoms with Gasteiger partial charge in [0, 0.05) is 18.6 Å². The Labute approximate surface area is 83.4 Å². The summed E-state index contributed by atoms with van der Waals surface area (Å²) in [6, 6.07) is 0. The molecule has 0 aliphatic heterocycles. The molecule has 4 N–H and O–H groups in total. The van der Waals surface area contributed by atoms with E-state index in [0.717, 1.165) is 19.3 Å². The number of nitrogens with two attached hydrogens (primary N) is 1. The van der Waals surface area contributed by atoms with Crippen LogP contribution < -0.4 is 16.4 Å². The van der Waals surface area contributed by atoms with Crippen LogP contribution >= 0.6 is 0 Å². The molecular weight excluding hydrogens is 182 g/mol. The molecule has 0 aromatic rings. The van der Waals surface area contributed by atoms with Crippen LogP contribution in [0.25, 0.3) is 0 Å². The molecule has 1 aliphatic carbocycles. The Bertz CT molecular complexity index is 236. The molecule has 5 nitrogen and oxygen atoms in total. The van der Waals surface area contributed by atoms with Crippen molar-refractivity contribution in [1.82, 2.24) is 10.6 Å². The highest BCUT2D eigenvalue weighted by atomic mass is 16.2. The Morgan fingerprint density at radius 3 is 2.43 bits per heavy atom. The predicted octanol–water partition coefficient (Wildman–Crippen LogP) is -0.880. The average molecular weight is 199 g/mol. The van der Waals surface area contributed by atoms with Crippen molar-refractivity contribution >= 4 is 11.8 Å². The first-order valence-corrected chi connectivity index (χ1v) is 4.88. The Kier molecular flexibility index (Phi) is 3.46. The molecule has 1 aliphatic rings. The number of carbonyl (C=O) groups is 2. The average Bonchev–Trinajstić information content (AvgIpc) is 2.11. The third-order valence-electron chi connectivity index (χ3n) is 2.51. The summed E-state index contributed by atoms with van der Waals surface area (Å²) in [4.78, 5) is 22.4. The summed E-state index contributed by atoms with van der Waals surface area (Å²) in [6.07, 6.45) is 3.01. The van der Waals surface area contributed by atoms with Crippen molar-refractivity contribution in [2.75, 3.05) is 13.1 Å². The largest absolute Gasteiger partial charge is 0.347 e. The molecule has 1 fully saturated rings. The Morgan fingerprint density at radius 2 is 2.00 bits per heavy atom. The predicted molar refractivity (Wildman–Crippen MR) is 52.5 cm³/mol. The van der Waals surface area contributed by atoms with E-state index in [2.05, 4.69) is 10.6 Å². The normalized spacial score (nSPS) is 18.1. The minimum atomic E-state index is -0.594. The van der Waals surface area contributed by atoms with E-state index in [9.17, 15) is 9.59 Å². The van der Waals surface area contributed by atoms with Gasteiger partial charge in [-0.3, -0.25) is 9.59 Å². The van der Waals surface area contributed by atoms with Gasteiger partial charge in [0.25, 0.3) is 0 Å². The van der Waals surface area contributed by atoms with Crippen LogP contribution in [0.3, 0.4) is 0 Å². The maximum Gasteiger partial charge on any atom is 0.309 e. The van der Waals surface area contributed by atoms with E-state index >= 15 is 0 Å². The van der Waals surface area contributed by atoms with Crippen molar-refractivity contribution in [3.05, 3.63) is 0 Å². The van der Waals surface area contributed by atoms with Crippen molar-refractivity contribution in [2.45, 2.75) is 31.7 Å². The molecule has 0 aromatic heterocycles. The number of rotatable bonds is 3. The van der Waals surface area contributed by atoms with Crippen LogP contribution in [0.5, 0.6) is 0 Å². The number of carbonyl (C=O) groups excluding carboxylic acids is 2. The topological polar surface area (TPSA) is 84.2 Å². The minimum Gasteiger partial charge on any atom is -0.347 e. The molecular formula is C9H17N3O2. The van der Waals surface area contributed by atoms with Gasteiger partial charge in [0.05, 0.1) is 0 Å². The standard InChI is InChI=1S/C9H17N3O2/c1-9(3-2-4-9)12-8(14)7(13)11-6-5-10/h2-6,10H2,1H3,(H,11,13)(H,12,14). The first-order chi connectivity index (χ1) is 6.57. The van der Waals surface area contributed by atoms with E-state index in [-0.39, 0.29) is 5.54 Å². The fourth-order valence-corrected chi connectivity index (χ4v) is 1.43. The van der Waals surface area contributed by atoms with Gasteiger partial charge < -0.3 is 16.4 Å². The van der Waals surface area contributed by atoms with Gasteiger partial charge in [-0.05, 0) is 26.2 Å². The zero-order chi connectivity index (χ0) is 10.6. The second-order valence-corrected chi connectivity index (χ2v) is 3.91. The molecule has 5 heteroatoms. The van der Waals surface area contributed by atoms with Crippen LogP contribution in [-0.2, 0) is 9.59 Å². The summed E-state index contributed by atoms with van der Waals surface area (Å²) >= 11 is 0. The monoisotopic (exact) mass is 199 g/mol. The summed E-state index contributed by atoms with van der Waals surface area (Å²) in [6.45, 7) is 2.63. The van der Waals surface area contributed by atoms with E-state index < -0.39 is 11.8 Å². The van der Waals surface area contributed by atoms with Crippen LogP contribution in [-0.4, -0.2) is 30.4 Å². The van der Waals surface area contributed by atoms with Crippen LogP contribution in [0.4, 0.5) is 0 Å². The molecule has 0 aromatic carbocycles. The fraction of sp³-hybridized carbons (Fsp3) is 0.778. The fourth-order valence-electron chi connectivity index (χ4n) is 1.43. The van der Waals surface area contributed by atoms with Crippen molar-refractivity contribution < 1.29 is 9.59 Å². The maximum absolute atomic E-state index is 11.3. The molecule has 2 amide bonds. The molecule has 1 saturated carbocycles. The zero-order valence-corrected chi connectivity index (χ0v) is 8.43. The van der Waals surface area contributed by atoms with Crippen molar-refractivity contribution in [3.63, 3.8) is 0 Å². The van der Waals surface area contributed by atoms with E-state index in [1.54, 1.807) is 0 Å². The van der Waals surface area contributed by atoms with Crippen LogP contribution in [0.15, 0.2) is 0 Å². The SMILES string of the molecule is CC1(NC(=O)C(=O)NCCN)CCC1. The Balaban J connectivity index is 2.30. The highest BCUT2D eigenvalue weighted by molar-refractivity contribution is 6.35. The van der Waals surface area contributed by atoms with Crippen molar-refractivity contribution in [1.29, 1.82) is 0 Å². The van der Waals surface area contributed by atoms with E-state index in [4.69, 9.17) is 5.73 Å². The summed E-state index contributed by atoms with van der Waals surface area (Å²) < 4.78 is 0. The summed E-state index contributed by atoms with van der Waals surface area (Å²) in [5, 5.41) is 5.14. The maximum atomic E-state index is 11.3. The van der Waals surface area contributed by atoms with Crippen molar-refractivity contribution in [2.24, 2.45) is 5.73 Å². The third kappa shape index (κ3) is 2.70. The van der Waals surface area contributed by atoms with Crippen molar-refractivity contribution in [3.8, 4) is 0 Å². The van der Waals surface area contributed by atoms with E-state index in [1.165, 1.54) is 0 Å². The second-order valence-electron chi connectivity index (χ2n) is 3.91. The third-order valence-corrected chi connectivity index (χ3v) is 2.51. The lowest BCUT2D eigenvalue weighted by Crippen LogP contribution is -2.55. The van der Waals surface area contributed by atoms with Crippen LogP contribution in [0, 0.1) is 0 Å². The Hall–Kier alpha value is -1.10. The molecule has 1 rings (SSSR count). The van der Waals surface area contributed by atoms with Gasteiger partial charge in [-0.2, -0.15) is 0 Å². The first kappa shape index (κ1) is 11.0. The highest BCUT2D eigenvalue weighted by Gasteiger charge is 2.34. The van der Waals surface area contributed by atoms with Crippen LogP contribution in [0.1, 0.15) is 26.2 Å². The van der Waals surface area contributed by atoms with Gasteiger partial charge in [0.1, 0.15) is 0 Å². The first-order valence-electron chi connectivity index (χ1n) is 4.88. The molecule has 0 radical (unpaired) electrons. The van der Waals surface area contributed by atoms with E-state index in [0.29, 0.717) is 13.1 Å². The van der Waals surface area contributed by atoms with Gasteiger partial charge in [-0.15, -0.1) is 0 Å². The van der Waals surface area contributed by atoms with Gasteiger partial charge >= 0.3 is 11.8 Å². The lowest BCUT2D eigenvalue weighted by atomic mass is 9.78. The van der Waals surface area contributed by atoms with E-state index in [1.807, 2.05) is 6.92 Å². The quantitative estimate of drug-likeness (QED) is 0.516. The molecule has 0 heterocycles. The van der Waals surface area contributed by atoms with Gasteiger partial charge in [-0.1, -0.05) is 0 Å². The Morgan fingerprint density at radius 1 is 1.36 bits per heavy atom. The molecule has 0 unspecified atom stereocenters. The second kappa shape index (κ2) is 4.41. The number of hydrogen-bond acceptors (Lipinski definition) is 3. The van der Waals surface area contributed by atoms with Gasteiger partial charge in [0.15, 0.2) is 0 Å². The molecule has 0 atom stereocenters. The molecule has 0 spiro atoms. The molecule has 14 heavy (non-hydrogen) atoms. The lowest BCUT2D eigenvalue weighted by molar-refractivity contribution is -0.140. The summed E-state index contributed by atoms with van der Waals surface area (Å²) in [5.74, 6) is -1.15. The highest BCUT2D eigenvalue weighted by Crippen LogP contribution is 2.30. The smallest absolute Gasteiger partial charge is 0.309 e. The number of amides is 2. The summed E-state index contributed by atoms with van der Waals surface area (Å²) in [7, 11) is 0.